The van der Waals surface area contributed by atoms with Crippen LogP contribution in [0.3, 0.4) is 0 Å². The van der Waals surface area contributed by atoms with Gasteiger partial charge in [-0.25, -0.2) is 0 Å². The molecule has 2 aromatic heterocycles. The zero-order valence-corrected chi connectivity index (χ0v) is 9.35. The second kappa shape index (κ2) is 4.77. The molecular formula is C11H11F3N4. The van der Waals surface area contributed by atoms with Crippen LogP contribution in [-0.2, 0) is 19.3 Å². The molecule has 0 amide bonds. The van der Waals surface area contributed by atoms with Crippen LogP contribution in [0.1, 0.15) is 16.7 Å². The first-order chi connectivity index (χ1) is 8.50. The molecule has 0 saturated heterocycles. The Morgan fingerprint density at radius 1 is 1.28 bits per heavy atom. The lowest BCUT2D eigenvalue weighted by Gasteiger charge is -2.11. The summed E-state index contributed by atoms with van der Waals surface area (Å²) in [5.74, 6) is 0. The molecule has 0 aliphatic carbocycles. The predicted octanol–water partition coefficient (Wildman–Crippen LogP) is 1.80. The molecule has 7 heteroatoms. The Labute approximate surface area is 101 Å². The van der Waals surface area contributed by atoms with E-state index in [0.717, 1.165) is 17.8 Å². The Kier molecular flexibility index (Phi) is 3.33. The molecule has 0 fully saturated rings. The Hall–Kier alpha value is -1.89. The normalized spacial score (nSPS) is 11.8. The second-order valence-electron chi connectivity index (χ2n) is 3.78. The van der Waals surface area contributed by atoms with E-state index in [9.17, 15) is 13.2 Å². The molecule has 0 bridgehead atoms. The minimum absolute atomic E-state index is 0.0166. The first-order valence-corrected chi connectivity index (χ1v) is 5.22. The van der Waals surface area contributed by atoms with Crippen LogP contribution in [0.2, 0.25) is 0 Å². The molecule has 2 rings (SSSR count). The molecule has 0 unspecified atom stereocenters. The summed E-state index contributed by atoms with van der Waals surface area (Å²) in [5.41, 5.74) is 5.57. The average molecular weight is 256 g/mol. The summed E-state index contributed by atoms with van der Waals surface area (Å²) in [4.78, 5) is 3.72. The highest BCUT2D eigenvalue weighted by Gasteiger charge is 2.33. The molecule has 0 spiro atoms. The minimum atomic E-state index is -4.39. The van der Waals surface area contributed by atoms with Crippen LogP contribution in [0.15, 0.2) is 30.9 Å². The van der Waals surface area contributed by atoms with Gasteiger partial charge in [0.25, 0.3) is 0 Å². The van der Waals surface area contributed by atoms with Gasteiger partial charge in [0.1, 0.15) is 0 Å². The summed E-state index contributed by atoms with van der Waals surface area (Å²) < 4.78 is 39.6. The van der Waals surface area contributed by atoms with Gasteiger partial charge in [-0.3, -0.25) is 9.67 Å². The van der Waals surface area contributed by atoms with Gasteiger partial charge in [0.05, 0.1) is 18.3 Å². The molecule has 0 saturated carbocycles. The van der Waals surface area contributed by atoms with Crippen molar-refractivity contribution in [2.45, 2.75) is 19.3 Å². The van der Waals surface area contributed by atoms with Crippen LogP contribution < -0.4 is 5.73 Å². The number of hydrogen-bond acceptors (Lipinski definition) is 3. The van der Waals surface area contributed by atoms with Crippen molar-refractivity contribution in [1.82, 2.24) is 14.8 Å². The van der Waals surface area contributed by atoms with Crippen molar-refractivity contribution in [3.8, 4) is 0 Å². The first kappa shape index (κ1) is 12.6. The molecule has 0 aromatic carbocycles. The Morgan fingerprint density at radius 2 is 2.06 bits per heavy atom. The van der Waals surface area contributed by atoms with Gasteiger partial charge in [-0.05, 0) is 6.07 Å². The van der Waals surface area contributed by atoms with E-state index in [4.69, 9.17) is 5.73 Å². The Balaban J connectivity index is 2.29. The quantitative estimate of drug-likeness (QED) is 0.911. The van der Waals surface area contributed by atoms with Crippen molar-refractivity contribution in [2.24, 2.45) is 5.73 Å². The van der Waals surface area contributed by atoms with E-state index in [1.807, 2.05) is 0 Å². The van der Waals surface area contributed by atoms with Crippen molar-refractivity contribution < 1.29 is 13.2 Å². The van der Waals surface area contributed by atoms with Crippen molar-refractivity contribution >= 4 is 0 Å². The fourth-order valence-electron chi connectivity index (χ4n) is 1.60. The maximum absolute atomic E-state index is 12.7. The summed E-state index contributed by atoms with van der Waals surface area (Å²) in [6.45, 7) is 0.321. The molecule has 2 N–H and O–H groups in total. The van der Waals surface area contributed by atoms with Crippen LogP contribution >= 0.6 is 0 Å². The minimum Gasteiger partial charge on any atom is -0.326 e. The highest BCUT2D eigenvalue weighted by molar-refractivity contribution is 5.26. The smallest absolute Gasteiger partial charge is 0.326 e. The molecular weight excluding hydrogens is 245 g/mol. The lowest BCUT2D eigenvalue weighted by molar-refractivity contribution is -0.138. The maximum Gasteiger partial charge on any atom is 0.416 e. The average Bonchev–Trinajstić information content (AvgIpc) is 2.76. The summed E-state index contributed by atoms with van der Waals surface area (Å²) in [6, 6.07) is 0.961. The number of nitrogens with zero attached hydrogens (tertiary/aromatic N) is 3. The van der Waals surface area contributed by atoms with Crippen LogP contribution in [0, 0.1) is 0 Å². The lowest BCUT2D eigenvalue weighted by atomic mass is 10.1. The third-order valence-electron chi connectivity index (χ3n) is 2.46. The summed E-state index contributed by atoms with van der Waals surface area (Å²) >= 11 is 0. The van der Waals surface area contributed by atoms with E-state index >= 15 is 0 Å². The number of halogens is 3. The zero-order chi connectivity index (χ0) is 13.2. The number of alkyl halides is 3. The first-order valence-electron chi connectivity index (χ1n) is 5.22. The van der Waals surface area contributed by atoms with E-state index in [-0.39, 0.29) is 12.1 Å². The number of pyridine rings is 1. The lowest BCUT2D eigenvalue weighted by Crippen LogP contribution is -2.12. The van der Waals surface area contributed by atoms with Gasteiger partial charge in [0.15, 0.2) is 0 Å². The molecule has 18 heavy (non-hydrogen) atoms. The molecule has 96 valence electrons. The van der Waals surface area contributed by atoms with Crippen LogP contribution in [-0.4, -0.2) is 14.8 Å². The number of hydrogen-bond donors (Lipinski definition) is 1. The largest absolute Gasteiger partial charge is 0.416 e. The summed E-state index contributed by atoms with van der Waals surface area (Å²) in [6.07, 6.45) is 1.09. The highest BCUT2D eigenvalue weighted by Crippen LogP contribution is 2.31. The number of rotatable bonds is 3. The zero-order valence-electron chi connectivity index (χ0n) is 9.35. The molecule has 2 aromatic rings. The van der Waals surface area contributed by atoms with E-state index < -0.39 is 11.7 Å². The fraction of sp³-hybridized carbons (Fsp3) is 0.273. The Bertz CT molecular complexity index is 533. The van der Waals surface area contributed by atoms with Gasteiger partial charge in [-0.2, -0.15) is 18.3 Å². The van der Waals surface area contributed by atoms with Crippen molar-refractivity contribution in [3.63, 3.8) is 0 Å². The van der Waals surface area contributed by atoms with Crippen LogP contribution in [0.4, 0.5) is 13.2 Å². The maximum atomic E-state index is 12.7. The monoisotopic (exact) mass is 256 g/mol. The third kappa shape index (κ3) is 2.67. The van der Waals surface area contributed by atoms with Gasteiger partial charge in [-0.1, -0.05) is 0 Å². The van der Waals surface area contributed by atoms with Crippen molar-refractivity contribution in [2.75, 3.05) is 0 Å². The van der Waals surface area contributed by atoms with Crippen LogP contribution in [0.5, 0.6) is 0 Å². The van der Waals surface area contributed by atoms with Crippen molar-refractivity contribution in [3.05, 3.63) is 47.5 Å². The fourth-order valence-corrected chi connectivity index (χ4v) is 1.60. The molecule has 0 atom stereocenters. The number of nitrogens with two attached hydrogens (primary N) is 1. The molecule has 0 aliphatic heterocycles. The van der Waals surface area contributed by atoms with E-state index in [2.05, 4.69) is 10.1 Å². The number of aromatic nitrogens is 3. The SMILES string of the molecule is NCc1cnn(Cc2cnccc2C(F)(F)F)c1. The van der Waals surface area contributed by atoms with Gasteiger partial charge < -0.3 is 5.73 Å². The van der Waals surface area contributed by atoms with E-state index in [1.54, 1.807) is 6.20 Å². The summed E-state index contributed by atoms with van der Waals surface area (Å²) in [7, 11) is 0. The van der Waals surface area contributed by atoms with Crippen molar-refractivity contribution in [1.29, 1.82) is 0 Å². The van der Waals surface area contributed by atoms with Gasteiger partial charge >= 0.3 is 6.18 Å². The molecule has 4 nitrogen and oxygen atoms in total. The molecule has 0 radical (unpaired) electrons. The van der Waals surface area contributed by atoms with E-state index in [1.165, 1.54) is 17.1 Å². The third-order valence-corrected chi connectivity index (χ3v) is 2.46. The summed E-state index contributed by atoms with van der Waals surface area (Å²) in [5, 5.41) is 3.95. The van der Waals surface area contributed by atoms with Gasteiger partial charge in [-0.15, -0.1) is 0 Å². The molecule has 0 aliphatic rings. The van der Waals surface area contributed by atoms with Gasteiger partial charge in [0.2, 0.25) is 0 Å². The molecule has 2 heterocycles. The predicted molar refractivity (Wildman–Crippen MR) is 58.5 cm³/mol. The Morgan fingerprint density at radius 3 is 2.67 bits per heavy atom. The van der Waals surface area contributed by atoms with Crippen LogP contribution in [0.25, 0.3) is 0 Å². The standard InChI is InChI=1S/C11H11F3N4/c12-11(13,14)10-1-2-16-5-9(10)7-18-6-8(3-15)4-17-18/h1-2,4-6H,3,7,15H2. The van der Waals surface area contributed by atoms with E-state index in [0.29, 0.717) is 6.54 Å². The topological polar surface area (TPSA) is 56.7 Å². The van der Waals surface area contributed by atoms with Gasteiger partial charge in [0, 0.05) is 36.3 Å². The highest BCUT2D eigenvalue weighted by atomic mass is 19.4. The second-order valence-corrected chi connectivity index (χ2v) is 3.78.